The number of hydrogen-bond donors (Lipinski definition) is 0. The van der Waals surface area contributed by atoms with E-state index in [1.165, 1.54) is 18.2 Å². The highest BCUT2D eigenvalue weighted by Gasteiger charge is 2.16. The summed E-state index contributed by atoms with van der Waals surface area (Å²) >= 11 is 3.12. The maximum Gasteiger partial charge on any atom is 0.338 e. The highest BCUT2D eigenvalue weighted by atomic mass is 79.9. The van der Waals surface area contributed by atoms with Gasteiger partial charge in [-0.25, -0.2) is 13.2 Å². The minimum absolute atomic E-state index is 0.0487. The Kier molecular flexibility index (Phi) is 6.44. The molecule has 0 aromatic heterocycles. The number of esters is 1. The summed E-state index contributed by atoms with van der Waals surface area (Å²) in [6.07, 6.45) is 0.0487. The number of rotatable bonds is 6. The summed E-state index contributed by atoms with van der Waals surface area (Å²) < 4.78 is 33.2. The van der Waals surface area contributed by atoms with Crippen LogP contribution in [0.25, 0.3) is 0 Å². The van der Waals surface area contributed by atoms with Crippen LogP contribution in [0.5, 0.6) is 0 Å². The van der Waals surface area contributed by atoms with Crippen molar-refractivity contribution in [3.8, 4) is 0 Å². The van der Waals surface area contributed by atoms with Gasteiger partial charge in [0.05, 0.1) is 23.2 Å². The molecule has 0 fully saturated rings. The lowest BCUT2D eigenvalue weighted by molar-refractivity contribution is 0.0176. The lowest BCUT2D eigenvalue weighted by Crippen LogP contribution is -2.14. The highest BCUT2D eigenvalue weighted by molar-refractivity contribution is 9.10. The molecule has 0 saturated heterocycles. The lowest BCUT2D eigenvalue weighted by atomic mass is 10.2. The van der Waals surface area contributed by atoms with Gasteiger partial charge in [0.1, 0.15) is 6.61 Å². The van der Waals surface area contributed by atoms with Crippen LogP contribution in [0.2, 0.25) is 0 Å². The summed E-state index contributed by atoms with van der Waals surface area (Å²) in [6.45, 7) is 4.10. The molecular formula is C12H14BrClO5S. The van der Waals surface area contributed by atoms with Gasteiger partial charge in [-0.1, -0.05) is 15.9 Å². The monoisotopic (exact) mass is 384 g/mol. The van der Waals surface area contributed by atoms with Gasteiger partial charge in [-0.3, -0.25) is 0 Å². The molecule has 0 radical (unpaired) electrons. The number of benzene rings is 1. The second-order valence-corrected chi connectivity index (χ2v) is 7.65. The summed E-state index contributed by atoms with van der Waals surface area (Å²) in [7, 11) is 1.34. The fourth-order valence-corrected chi connectivity index (χ4v) is 2.77. The van der Waals surface area contributed by atoms with Crippen molar-refractivity contribution in [2.75, 3.05) is 13.2 Å². The first-order valence-corrected chi connectivity index (χ1v) is 8.84. The summed E-state index contributed by atoms with van der Waals surface area (Å²) in [4.78, 5) is 11.6. The number of carbonyl (C=O) groups is 1. The molecule has 0 atom stereocenters. The molecule has 0 aliphatic rings. The Labute approximate surface area is 130 Å². The van der Waals surface area contributed by atoms with Crippen molar-refractivity contribution in [1.29, 1.82) is 0 Å². The predicted molar refractivity (Wildman–Crippen MR) is 78.6 cm³/mol. The van der Waals surface area contributed by atoms with E-state index in [1.807, 2.05) is 13.8 Å². The van der Waals surface area contributed by atoms with Crippen molar-refractivity contribution < 1.29 is 22.7 Å². The zero-order valence-electron chi connectivity index (χ0n) is 10.9. The van der Waals surface area contributed by atoms with Crippen LogP contribution in [0.15, 0.2) is 27.6 Å². The Morgan fingerprint density at radius 1 is 1.30 bits per heavy atom. The Bertz CT molecular complexity index is 586. The van der Waals surface area contributed by atoms with E-state index in [4.69, 9.17) is 20.2 Å². The molecule has 5 nitrogen and oxygen atoms in total. The molecule has 0 heterocycles. The minimum atomic E-state index is -3.91. The van der Waals surface area contributed by atoms with Crippen molar-refractivity contribution in [2.24, 2.45) is 0 Å². The SMILES string of the molecule is CC(C)OCCOC(=O)c1cc(Br)cc(S(=O)(=O)Cl)c1. The molecule has 0 aliphatic heterocycles. The Hall–Kier alpha value is -0.630. The number of ether oxygens (including phenoxy) is 2. The second kappa shape index (κ2) is 7.40. The Morgan fingerprint density at radius 3 is 2.50 bits per heavy atom. The first-order valence-electron chi connectivity index (χ1n) is 5.74. The summed E-state index contributed by atoms with van der Waals surface area (Å²) in [5.41, 5.74) is 0.100. The Balaban J connectivity index is 2.76. The van der Waals surface area contributed by atoms with Crippen LogP contribution in [-0.2, 0) is 18.5 Å². The summed E-state index contributed by atoms with van der Waals surface area (Å²) in [5.74, 6) is -0.639. The number of hydrogen-bond acceptors (Lipinski definition) is 5. The van der Waals surface area contributed by atoms with Gasteiger partial charge < -0.3 is 9.47 Å². The largest absolute Gasteiger partial charge is 0.460 e. The smallest absolute Gasteiger partial charge is 0.338 e. The van der Waals surface area contributed by atoms with E-state index in [0.29, 0.717) is 4.47 Å². The summed E-state index contributed by atoms with van der Waals surface area (Å²) in [5, 5.41) is 0. The third kappa shape index (κ3) is 5.78. The van der Waals surface area contributed by atoms with E-state index in [0.717, 1.165) is 0 Å². The molecular weight excluding hydrogens is 372 g/mol. The van der Waals surface area contributed by atoms with Crippen LogP contribution < -0.4 is 0 Å². The Morgan fingerprint density at radius 2 is 1.95 bits per heavy atom. The number of carbonyl (C=O) groups excluding carboxylic acids is 1. The second-order valence-electron chi connectivity index (χ2n) is 4.17. The average molecular weight is 386 g/mol. The summed E-state index contributed by atoms with van der Waals surface area (Å²) in [6, 6.07) is 3.93. The normalized spacial score (nSPS) is 11.7. The van der Waals surface area contributed by atoms with Crippen LogP contribution in [-0.4, -0.2) is 33.7 Å². The molecule has 8 heteroatoms. The maximum atomic E-state index is 11.8. The van der Waals surface area contributed by atoms with Gasteiger partial charge in [0.25, 0.3) is 9.05 Å². The van der Waals surface area contributed by atoms with Crippen LogP contribution in [0.3, 0.4) is 0 Å². The molecule has 0 N–H and O–H groups in total. The van der Waals surface area contributed by atoms with Gasteiger partial charge in [-0.15, -0.1) is 0 Å². The van der Waals surface area contributed by atoms with Gasteiger partial charge in [-0.05, 0) is 32.0 Å². The van der Waals surface area contributed by atoms with Crippen molar-refractivity contribution in [2.45, 2.75) is 24.8 Å². The molecule has 0 amide bonds. The maximum absolute atomic E-state index is 11.8. The first-order chi connectivity index (χ1) is 9.20. The third-order valence-corrected chi connectivity index (χ3v) is 3.95. The molecule has 0 unspecified atom stereocenters. The van der Waals surface area contributed by atoms with Crippen molar-refractivity contribution in [3.63, 3.8) is 0 Å². The molecule has 1 aromatic carbocycles. The molecule has 0 aliphatic carbocycles. The average Bonchev–Trinajstić information content (AvgIpc) is 2.32. The van der Waals surface area contributed by atoms with Crippen LogP contribution in [0, 0.1) is 0 Å². The van der Waals surface area contributed by atoms with Crippen molar-refractivity contribution in [1.82, 2.24) is 0 Å². The fourth-order valence-electron chi connectivity index (χ4n) is 1.32. The van der Waals surface area contributed by atoms with Crippen LogP contribution >= 0.6 is 26.6 Å². The fraction of sp³-hybridized carbons (Fsp3) is 0.417. The minimum Gasteiger partial charge on any atom is -0.460 e. The van der Waals surface area contributed by atoms with Gasteiger partial charge in [0.15, 0.2) is 0 Å². The lowest BCUT2D eigenvalue weighted by Gasteiger charge is -2.09. The molecule has 20 heavy (non-hydrogen) atoms. The van der Waals surface area contributed by atoms with Gasteiger partial charge in [0, 0.05) is 15.2 Å². The number of halogens is 2. The molecule has 112 valence electrons. The molecule has 1 aromatic rings. The zero-order chi connectivity index (χ0) is 15.3. The van der Waals surface area contributed by atoms with Crippen molar-refractivity contribution >= 4 is 41.6 Å². The predicted octanol–water partition coefficient (Wildman–Crippen LogP) is 2.96. The van der Waals surface area contributed by atoms with E-state index in [-0.39, 0.29) is 29.8 Å². The van der Waals surface area contributed by atoms with E-state index >= 15 is 0 Å². The van der Waals surface area contributed by atoms with E-state index in [1.54, 1.807) is 0 Å². The van der Waals surface area contributed by atoms with Crippen LogP contribution in [0.4, 0.5) is 0 Å². The molecule has 0 bridgehead atoms. The van der Waals surface area contributed by atoms with Crippen molar-refractivity contribution in [3.05, 3.63) is 28.2 Å². The van der Waals surface area contributed by atoms with Gasteiger partial charge in [0.2, 0.25) is 0 Å². The van der Waals surface area contributed by atoms with E-state index in [9.17, 15) is 13.2 Å². The molecule has 0 saturated carbocycles. The van der Waals surface area contributed by atoms with E-state index in [2.05, 4.69) is 15.9 Å². The third-order valence-electron chi connectivity index (χ3n) is 2.16. The zero-order valence-corrected chi connectivity index (χ0v) is 14.1. The van der Waals surface area contributed by atoms with Gasteiger partial charge in [-0.2, -0.15) is 0 Å². The van der Waals surface area contributed by atoms with Crippen LogP contribution in [0.1, 0.15) is 24.2 Å². The molecule has 0 spiro atoms. The highest BCUT2D eigenvalue weighted by Crippen LogP contribution is 2.22. The van der Waals surface area contributed by atoms with E-state index < -0.39 is 15.0 Å². The van der Waals surface area contributed by atoms with Gasteiger partial charge >= 0.3 is 5.97 Å². The molecule has 1 rings (SSSR count). The first kappa shape index (κ1) is 17.4. The quantitative estimate of drug-likeness (QED) is 0.428. The standard InChI is InChI=1S/C12H14BrClO5S/c1-8(2)18-3-4-19-12(15)9-5-10(13)7-11(6-9)20(14,16)17/h5-8H,3-4H2,1-2H3. The topological polar surface area (TPSA) is 69.7 Å².